The van der Waals surface area contributed by atoms with E-state index in [4.69, 9.17) is 0 Å². The number of rotatable bonds is 3. The molecule has 107 valence electrons. The van der Waals surface area contributed by atoms with Gasteiger partial charge in [0.1, 0.15) is 0 Å². The minimum atomic E-state index is 0.763. The molecule has 1 heterocycles. The SMILES string of the molecule is [Si]C1CCC(C=Cc2ccc(C3CCCCC3)s2)CC1. The third-order valence-electron chi connectivity index (χ3n) is 4.96. The summed E-state index contributed by atoms with van der Waals surface area (Å²) in [6.45, 7) is 0. The minimum absolute atomic E-state index is 0.763. The maximum atomic E-state index is 3.79. The van der Waals surface area contributed by atoms with Gasteiger partial charge in [-0.25, -0.2) is 0 Å². The molecule has 2 aliphatic rings. The van der Waals surface area contributed by atoms with Crippen molar-refractivity contribution in [3.8, 4) is 0 Å². The highest BCUT2D eigenvalue weighted by Crippen LogP contribution is 2.37. The zero-order chi connectivity index (χ0) is 13.8. The monoisotopic (exact) mass is 301 g/mol. The van der Waals surface area contributed by atoms with E-state index in [1.54, 1.807) is 4.88 Å². The third-order valence-corrected chi connectivity index (χ3v) is 6.75. The number of hydrogen-bond donors (Lipinski definition) is 0. The summed E-state index contributed by atoms with van der Waals surface area (Å²) < 4.78 is 0. The zero-order valence-corrected chi connectivity index (χ0v) is 14.1. The first-order valence-corrected chi connectivity index (χ1v) is 9.69. The molecule has 0 amide bonds. The van der Waals surface area contributed by atoms with E-state index in [-0.39, 0.29) is 0 Å². The van der Waals surface area contributed by atoms with Crippen molar-refractivity contribution in [3.05, 3.63) is 28.0 Å². The molecule has 0 aliphatic heterocycles. The molecule has 0 atom stereocenters. The zero-order valence-electron chi connectivity index (χ0n) is 12.3. The van der Waals surface area contributed by atoms with Crippen molar-refractivity contribution in [1.29, 1.82) is 0 Å². The number of thiophene rings is 1. The first kappa shape index (κ1) is 14.6. The van der Waals surface area contributed by atoms with Crippen molar-refractivity contribution in [1.82, 2.24) is 0 Å². The Labute approximate surface area is 131 Å². The van der Waals surface area contributed by atoms with E-state index in [0.29, 0.717) is 0 Å². The molecule has 3 rings (SSSR count). The second kappa shape index (κ2) is 7.08. The fraction of sp³-hybridized carbons (Fsp3) is 0.667. The molecule has 2 fully saturated rings. The minimum Gasteiger partial charge on any atom is -0.141 e. The van der Waals surface area contributed by atoms with Crippen LogP contribution in [0.1, 0.15) is 73.5 Å². The topological polar surface area (TPSA) is 0 Å². The van der Waals surface area contributed by atoms with Gasteiger partial charge in [0.05, 0.1) is 0 Å². The lowest BCUT2D eigenvalue weighted by molar-refractivity contribution is 0.421. The quantitative estimate of drug-likeness (QED) is 0.605. The third kappa shape index (κ3) is 3.85. The maximum Gasteiger partial charge on any atom is 0.0270 e. The fourth-order valence-corrected chi connectivity index (χ4v) is 5.03. The second-order valence-electron chi connectivity index (χ2n) is 6.55. The Morgan fingerprint density at radius 2 is 1.70 bits per heavy atom. The van der Waals surface area contributed by atoms with Gasteiger partial charge >= 0.3 is 0 Å². The Bertz CT molecular complexity index is 434. The van der Waals surface area contributed by atoms with E-state index in [1.165, 1.54) is 62.7 Å². The van der Waals surface area contributed by atoms with Gasteiger partial charge < -0.3 is 0 Å². The van der Waals surface area contributed by atoms with Crippen molar-refractivity contribution in [2.75, 3.05) is 0 Å². The Morgan fingerprint density at radius 3 is 2.45 bits per heavy atom. The van der Waals surface area contributed by atoms with Gasteiger partial charge in [-0.15, -0.1) is 11.3 Å². The summed E-state index contributed by atoms with van der Waals surface area (Å²) >= 11 is 2.03. The van der Waals surface area contributed by atoms with Crippen LogP contribution >= 0.6 is 11.3 Å². The van der Waals surface area contributed by atoms with Crippen LogP contribution in [0.5, 0.6) is 0 Å². The molecule has 0 N–H and O–H groups in total. The Kier molecular flexibility index (Phi) is 5.17. The van der Waals surface area contributed by atoms with Gasteiger partial charge in [0.25, 0.3) is 0 Å². The second-order valence-corrected chi connectivity index (χ2v) is 8.51. The molecule has 2 heteroatoms. The van der Waals surface area contributed by atoms with Crippen LogP contribution in [0.15, 0.2) is 18.2 Å². The van der Waals surface area contributed by atoms with Crippen LogP contribution in [-0.4, -0.2) is 10.2 Å². The number of hydrogen-bond acceptors (Lipinski definition) is 1. The average Bonchev–Trinajstić information content (AvgIpc) is 2.97. The van der Waals surface area contributed by atoms with E-state index in [1.807, 2.05) is 11.3 Å². The van der Waals surface area contributed by atoms with E-state index in [0.717, 1.165) is 17.4 Å². The molecule has 0 nitrogen and oxygen atoms in total. The van der Waals surface area contributed by atoms with Crippen LogP contribution in [0, 0.1) is 5.92 Å². The van der Waals surface area contributed by atoms with E-state index >= 15 is 0 Å². The molecule has 0 saturated heterocycles. The van der Waals surface area contributed by atoms with Crippen molar-refractivity contribution < 1.29 is 0 Å². The van der Waals surface area contributed by atoms with Crippen LogP contribution in [0.2, 0.25) is 5.54 Å². The van der Waals surface area contributed by atoms with E-state index in [9.17, 15) is 0 Å². The molecule has 0 bridgehead atoms. The molecular formula is C18H25SSi. The lowest BCUT2D eigenvalue weighted by atomic mass is 9.88. The predicted octanol–water partition coefficient (Wildman–Crippen LogP) is 5.96. The highest BCUT2D eigenvalue weighted by atomic mass is 32.1. The molecule has 0 aromatic carbocycles. The van der Waals surface area contributed by atoms with Gasteiger partial charge in [-0.1, -0.05) is 43.7 Å². The van der Waals surface area contributed by atoms with Crippen molar-refractivity contribution >= 4 is 27.7 Å². The van der Waals surface area contributed by atoms with Gasteiger partial charge in [0, 0.05) is 20.0 Å². The molecular weight excluding hydrogens is 276 g/mol. The average molecular weight is 302 g/mol. The molecule has 0 unspecified atom stereocenters. The van der Waals surface area contributed by atoms with Crippen LogP contribution in [0.3, 0.4) is 0 Å². The molecule has 3 radical (unpaired) electrons. The molecule has 2 saturated carbocycles. The van der Waals surface area contributed by atoms with Crippen molar-refractivity contribution in [2.45, 2.75) is 69.2 Å². The Balaban J connectivity index is 1.56. The van der Waals surface area contributed by atoms with Crippen molar-refractivity contribution in [3.63, 3.8) is 0 Å². The Hall–Kier alpha value is -0.343. The summed E-state index contributed by atoms with van der Waals surface area (Å²) in [5.74, 6) is 1.67. The molecule has 0 spiro atoms. The van der Waals surface area contributed by atoms with Crippen LogP contribution in [0.25, 0.3) is 6.08 Å². The number of allylic oxidation sites excluding steroid dienone is 1. The molecule has 20 heavy (non-hydrogen) atoms. The standard InChI is InChI=1S/C18H25SSi/c20-17-11-7-14(8-12-17)6-9-16-10-13-18(19-16)15-4-2-1-3-5-15/h6,9-10,13-15,17H,1-5,7-8,11-12H2. The molecule has 1 aromatic heterocycles. The van der Waals surface area contributed by atoms with Crippen molar-refractivity contribution in [2.24, 2.45) is 5.92 Å². The summed E-state index contributed by atoms with van der Waals surface area (Å²) in [7, 11) is 3.79. The largest absolute Gasteiger partial charge is 0.141 e. The maximum absolute atomic E-state index is 3.79. The normalized spacial score (nSPS) is 29.1. The van der Waals surface area contributed by atoms with E-state index in [2.05, 4.69) is 34.5 Å². The lowest BCUT2D eigenvalue weighted by Gasteiger charge is -2.23. The van der Waals surface area contributed by atoms with Gasteiger partial charge in [-0.05, 0) is 55.7 Å². The highest BCUT2D eigenvalue weighted by molar-refractivity contribution is 7.13. The fourth-order valence-electron chi connectivity index (χ4n) is 3.61. The summed E-state index contributed by atoms with van der Waals surface area (Å²) in [5, 5.41) is 0. The van der Waals surface area contributed by atoms with Crippen LogP contribution in [-0.2, 0) is 0 Å². The van der Waals surface area contributed by atoms with E-state index < -0.39 is 0 Å². The molecule has 2 aliphatic carbocycles. The summed E-state index contributed by atoms with van der Waals surface area (Å²) in [6, 6.07) is 4.72. The van der Waals surface area contributed by atoms with Gasteiger partial charge in [-0.3, -0.25) is 0 Å². The van der Waals surface area contributed by atoms with Gasteiger partial charge in [0.15, 0.2) is 0 Å². The lowest BCUT2D eigenvalue weighted by Crippen LogP contribution is -2.08. The highest BCUT2D eigenvalue weighted by Gasteiger charge is 2.18. The van der Waals surface area contributed by atoms with Crippen LogP contribution < -0.4 is 0 Å². The summed E-state index contributed by atoms with van der Waals surface area (Å²) in [4.78, 5) is 3.10. The first-order valence-electron chi connectivity index (χ1n) is 8.30. The van der Waals surface area contributed by atoms with Gasteiger partial charge in [0.2, 0.25) is 0 Å². The summed E-state index contributed by atoms with van der Waals surface area (Å²) in [5.41, 5.74) is 0.763. The van der Waals surface area contributed by atoms with Gasteiger partial charge in [-0.2, -0.15) is 0 Å². The first-order chi connectivity index (χ1) is 9.81. The smallest absolute Gasteiger partial charge is 0.0270 e. The van der Waals surface area contributed by atoms with Crippen LogP contribution in [0.4, 0.5) is 0 Å². The summed E-state index contributed by atoms with van der Waals surface area (Å²) in [6.07, 6.45) is 17.4. The molecule has 1 aromatic rings. The predicted molar refractivity (Wildman–Crippen MR) is 90.6 cm³/mol. The Morgan fingerprint density at radius 1 is 0.950 bits per heavy atom.